The van der Waals surface area contributed by atoms with Crippen molar-refractivity contribution in [1.82, 2.24) is 0 Å². The van der Waals surface area contributed by atoms with E-state index in [1.54, 1.807) is 18.2 Å². The van der Waals surface area contributed by atoms with Crippen LogP contribution in [0.2, 0.25) is 0 Å². The standard InChI is InChI=1S/C15H11FO3S/c1-9(17)10-6-7-14(12(16)8-10)20-13-5-3-2-4-11(13)15(18)19/h2-8H,1H3,(H,18,19). The maximum atomic E-state index is 13.9. The number of ketones is 1. The second-order valence-electron chi connectivity index (χ2n) is 4.10. The lowest BCUT2D eigenvalue weighted by Crippen LogP contribution is -1.98. The Balaban J connectivity index is 2.36. The number of hydrogen-bond acceptors (Lipinski definition) is 3. The number of carbonyl (C=O) groups excluding carboxylic acids is 1. The molecule has 0 amide bonds. The van der Waals surface area contributed by atoms with Crippen LogP contribution in [0.5, 0.6) is 0 Å². The summed E-state index contributed by atoms with van der Waals surface area (Å²) in [5.41, 5.74) is 0.408. The predicted molar refractivity (Wildman–Crippen MR) is 73.9 cm³/mol. The summed E-state index contributed by atoms with van der Waals surface area (Å²) < 4.78 is 13.9. The van der Waals surface area contributed by atoms with Crippen molar-refractivity contribution in [3.8, 4) is 0 Å². The van der Waals surface area contributed by atoms with Gasteiger partial charge < -0.3 is 5.11 Å². The summed E-state index contributed by atoms with van der Waals surface area (Å²) in [4.78, 5) is 23.0. The van der Waals surface area contributed by atoms with Gasteiger partial charge in [-0.3, -0.25) is 4.79 Å². The average Bonchev–Trinajstić information content (AvgIpc) is 2.41. The molecule has 0 aliphatic carbocycles. The highest BCUT2D eigenvalue weighted by Gasteiger charge is 2.13. The largest absolute Gasteiger partial charge is 0.478 e. The highest BCUT2D eigenvalue weighted by atomic mass is 32.2. The molecular formula is C15H11FO3S. The molecule has 2 rings (SSSR count). The smallest absolute Gasteiger partial charge is 0.336 e. The van der Waals surface area contributed by atoms with Gasteiger partial charge in [0.1, 0.15) is 5.82 Å². The van der Waals surface area contributed by atoms with Crippen LogP contribution in [0.4, 0.5) is 4.39 Å². The van der Waals surface area contributed by atoms with Crippen molar-refractivity contribution in [3.63, 3.8) is 0 Å². The minimum Gasteiger partial charge on any atom is -0.478 e. The molecule has 2 aromatic carbocycles. The fraction of sp³-hybridized carbons (Fsp3) is 0.0667. The summed E-state index contributed by atoms with van der Waals surface area (Å²) in [6, 6.07) is 10.6. The Hall–Kier alpha value is -2.14. The number of rotatable bonds is 4. The number of Topliss-reactive ketones (excluding diaryl/α,β-unsaturated/α-hetero) is 1. The monoisotopic (exact) mass is 290 g/mol. The van der Waals surface area contributed by atoms with Crippen LogP contribution in [0.1, 0.15) is 27.6 Å². The molecule has 0 spiro atoms. The van der Waals surface area contributed by atoms with Crippen molar-refractivity contribution < 1.29 is 19.1 Å². The molecule has 20 heavy (non-hydrogen) atoms. The molecule has 0 saturated carbocycles. The minimum atomic E-state index is -1.06. The summed E-state index contributed by atoms with van der Waals surface area (Å²) in [7, 11) is 0. The van der Waals surface area contributed by atoms with E-state index in [2.05, 4.69) is 0 Å². The van der Waals surface area contributed by atoms with Crippen molar-refractivity contribution in [3.05, 3.63) is 59.4 Å². The van der Waals surface area contributed by atoms with E-state index in [1.807, 2.05) is 0 Å². The Bertz CT molecular complexity index is 683. The zero-order valence-electron chi connectivity index (χ0n) is 10.6. The maximum Gasteiger partial charge on any atom is 0.336 e. The molecule has 2 aromatic rings. The number of hydrogen-bond donors (Lipinski definition) is 1. The van der Waals surface area contributed by atoms with Crippen molar-refractivity contribution in [2.75, 3.05) is 0 Å². The zero-order chi connectivity index (χ0) is 14.7. The van der Waals surface area contributed by atoms with E-state index in [9.17, 15) is 14.0 Å². The molecule has 5 heteroatoms. The minimum absolute atomic E-state index is 0.118. The third-order valence-electron chi connectivity index (χ3n) is 2.68. The highest BCUT2D eigenvalue weighted by molar-refractivity contribution is 7.99. The van der Waals surface area contributed by atoms with Crippen LogP contribution in [-0.4, -0.2) is 16.9 Å². The van der Waals surface area contributed by atoms with Gasteiger partial charge in [-0.2, -0.15) is 0 Å². The SMILES string of the molecule is CC(=O)c1ccc(Sc2ccccc2C(=O)O)c(F)c1. The highest BCUT2D eigenvalue weighted by Crippen LogP contribution is 2.32. The van der Waals surface area contributed by atoms with E-state index in [4.69, 9.17) is 5.11 Å². The Morgan fingerprint density at radius 1 is 1.10 bits per heavy atom. The molecule has 0 aliphatic heterocycles. The zero-order valence-corrected chi connectivity index (χ0v) is 11.4. The first kappa shape index (κ1) is 14.3. The average molecular weight is 290 g/mol. The molecule has 1 N–H and O–H groups in total. The van der Waals surface area contributed by atoms with Crippen LogP contribution in [0.3, 0.4) is 0 Å². The van der Waals surface area contributed by atoms with Crippen LogP contribution >= 0.6 is 11.8 Å². The fourth-order valence-corrected chi connectivity index (χ4v) is 2.59. The lowest BCUT2D eigenvalue weighted by molar-refractivity contribution is 0.0693. The molecule has 0 unspecified atom stereocenters. The number of carboxylic acid groups (broad SMARTS) is 1. The van der Waals surface area contributed by atoms with Crippen molar-refractivity contribution in [1.29, 1.82) is 0 Å². The van der Waals surface area contributed by atoms with Gasteiger partial charge in [0.05, 0.1) is 5.56 Å². The molecule has 0 heterocycles. The van der Waals surface area contributed by atoms with Gasteiger partial charge in [-0.25, -0.2) is 9.18 Å². The van der Waals surface area contributed by atoms with Crippen LogP contribution in [0.25, 0.3) is 0 Å². The first-order valence-electron chi connectivity index (χ1n) is 5.79. The van der Waals surface area contributed by atoms with Gasteiger partial charge in [0.2, 0.25) is 0 Å². The Morgan fingerprint density at radius 2 is 1.80 bits per heavy atom. The number of benzene rings is 2. The summed E-state index contributed by atoms with van der Waals surface area (Å²) in [5.74, 6) is -1.82. The van der Waals surface area contributed by atoms with Crippen molar-refractivity contribution in [2.24, 2.45) is 0 Å². The molecule has 0 bridgehead atoms. The predicted octanol–water partition coefficient (Wildman–Crippen LogP) is 3.88. The van der Waals surface area contributed by atoms with E-state index in [0.717, 1.165) is 17.8 Å². The van der Waals surface area contributed by atoms with Crippen LogP contribution in [0, 0.1) is 5.82 Å². The third-order valence-corrected chi connectivity index (χ3v) is 3.80. The van der Waals surface area contributed by atoms with Gasteiger partial charge in [0.15, 0.2) is 5.78 Å². The molecule has 3 nitrogen and oxygen atoms in total. The Kier molecular flexibility index (Phi) is 4.20. The van der Waals surface area contributed by atoms with E-state index in [0.29, 0.717) is 10.5 Å². The quantitative estimate of drug-likeness (QED) is 0.868. The van der Waals surface area contributed by atoms with Gasteiger partial charge >= 0.3 is 5.97 Å². The third kappa shape index (κ3) is 3.05. The fourth-order valence-electron chi connectivity index (χ4n) is 1.65. The van der Waals surface area contributed by atoms with Crippen LogP contribution in [0.15, 0.2) is 52.3 Å². The topological polar surface area (TPSA) is 54.4 Å². The number of carboxylic acids is 1. The number of aromatic carboxylic acids is 1. The number of halogens is 1. The first-order valence-corrected chi connectivity index (χ1v) is 6.61. The summed E-state index contributed by atoms with van der Waals surface area (Å²) in [6.07, 6.45) is 0. The summed E-state index contributed by atoms with van der Waals surface area (Å²) in [6.45, 7) is 1.36. The molecular weight excluding hydrogens is 279 g/mol. The first-order chi connectivity index (χ1) is 9.49. The molecule has 102 valence electrons. The van der Waals surface area contributed by atoms with Gasteiger partial charge in [0, 0.05) is 15.4 Å². The van der Waals surface area contributed by atoms with Crippen LogP contribution in [-0.2, 0) is 0 Å². The molecule has 0 atom stereocenters. The maximum absolute atomic E-state index is 13.9. The van der Waals surface area contributed by atoms with Gasteiger partial charge in [-0.05, 0) is 31.2 Å². The molecule has 0 aromatic heterocycles. The van der Waals surface area contributed by atoms with Crippen molar-refractivity contribution in [2.45, 2.75) is 16.7 Å². The Labute approximate surface area is 119 Å². The lowest BCUT2D eigenvalue weighted by Gasteiger charge is -2.07. The van der Waals surface area contributed by atoms with E-state index in [1.165, 1.54) is 25.1 Å². The normalized spacial score (nSPS) is 10.3. The van der Waals surface area contributed by atoms with Gasteiger partial charge in [-0.15, -0.1) is 0 Å². The Morgan fingerprint density at radius 3 is 2.40 bits per heavy atom. The van der Waals surface area contributed by atoms with E-state index >= 15 is 0 Å². The molecule has 0 fully saturated rings. The summed E-state index contributed by atoms with van der Waals surface area (Å²) >= 11 is 1.02. The molecule has 0 aliphatic rings. The van der Waals surface area contributed by atoms with E-state index in [-0.39, 0.29) is 16.2 Å². The van der Waals surface area contributed by atoms with Crippen LogP contribution < -0.4 is 0 Å². The summed E-state index contributed by atoms with van der Waals surface area (Å²) in [5, 5.41) is 9.08. The number of carbonyl (C=O) groups is 2. The van der Waals surface area contributed by atoms with Gasteiger partial charge in [-0.1, -0.05) is 30.0 Å². The van der Waals surface area contributed by atoms with Gasteiger partial charge in [0.25, 0.3) is 0 Å². The lowest BCUT2D eigenvalue weighted by atomic mass is 10.1. The second kappa shape index (κ2) is 5.88. The van der Waals surface area contributed by atoms with E-state index < -0.39 is 11.8 Å². The second-order valence-corrected chi connectivity index (χ2v) is 5.19. The van der Waals surface area contributed by atoms with Crippen molar-refractivity contribution >= 4 is 23.5 Å². The molecule has 0 saturated heterocycles. The molecule has 0 radical (unpaired) electrons.